The van der Waals surface area contributed by atoms with Crippen molar-refractivity contribution in [3.05, 3.63) is 23.9 Å². The number of hydrogen-bond donors (Lipinski definition) is 0. The van der Waals surface area contributed by atoms with Crippen molar-refractivity contribution >= 4 is 11.9 Å². The average molecular weight is 377 g/mol. The molecule has 0 spiro atoms. The van der Waals surface area contributed by atoms with Gasteiger partial charge in [-0.15, -0.1) is 0 Å². The van der Waals surface area contributed by atoms with E-state index in [1.54, 1.807) is 11.8 Å². The van der Waals surface area contributed by atoms with Crippen LogP contribution in [0.1, 0.15) is 67.2 Å². The molecule has 5 nitrogen and oxygen atoms in total. The van der Waals surface area contributed by atoms with Gasteiger partial charge in [-0.3, -0.25) is 4.79 Å². The second-order valence-electron chi connectivity index (χ2n) is 8.83. The molecule has 0 aromatic carbocycles. The normalized spacial score (nSPS) is 28.0. The Balaban J connectivity index is 2.12. The van der Waals surface area contributed by atoms with E-state index < -0.39 is 5.60 Å². The number of ketones is 1. The molecule has 2 aliphatic rings. The van der Waals surface area contributed by atoms with Crippen LogP contribution in [0.5, 0.6) is 0 Å². The molecule has 5 heteroatoms. The number of ether oxygens (including phenoxy) is 1. The molecule has 0 aliphatic carbocycles. The summed E-state index contributed by atoms with van der Waals surface area (Å²) in [6.07, 6.45) is 10.1. The van der Waals surface area contributed by atoms with Crippen molar-refractivity contribution in [1.29, 1.82) is 0 Å². The van der Waals surface area contributed by atoms with Crippen LogP contribution in [-0.4, -0.2) is 52.5 Å². The van der Waals surface area contributed by atoms with Crippen LogP contribution >= 0.6 is 0 Å². The topological polar surface area (TPSA) is 49.9 Å². The van der Waals surface area contributed by atoms with Gasteiger partial charge in [0.15, 0.2) is 5.78 Å². The van der Waals surface area contributed by atoms with Crippen LogP contribution in [0.15, 0.2) is 23.9 Å². The third-order valence-corrected chi connectivity index (χ3v) is 5.41. The van der Waals surface area contributed by atoms with Crippen molar-refractivity contribution in [2.45, 2.75) is 84.9 Å². The van der Waals surface area contributed by atoms with Gasteiger partial charge in [0.2, 0.25) is 0 Å². The van der Waals surface area contributed by atoms with E-state index in [2.05, 4.69) is 37.1 Å². The summed E-state index contributed by atoms with van der Waals surface area (Å²) in [4.78, 5) is 28.7. The maximum atomic E-state index is 12.3. The predicted octanol–water partition coefficient (Wildman–Crippen LogP) is 4.54. The summed E-state index contributed by atoms with van der Waals surface area (Å²) in [7, 11) is 0. The Kier molecular flexibility index (Phi) is 7.12. The Labute approximate surface area is 164 Å². The number of nitrogens with zero attached hydrogens (tertiary/aromatic N) is 2. The number of likely N-dealkylation sites (tertiary alicyclic amines) is 1. The fourth-order valence-corrected chi connectivity index (χ4v) is 3.88. The molecule has 2 aliphatic heterocycles. The smallest absolute Gasteiger partial charge is 0.410 e. The van der Waals surface area contributed by atoms with E-state index in [4.69, 9.17) is 4.74 Å². The largest absolute Gasteiger partial charge is 0.444 e. The zero-order valence-electron chi connectivity index (χ0n) is 17.8. The van der Waals surface area contributed by atoms with E-state index in [1.807, 2.05) is 20.8 Å². The van der Waals surface area contributed by atoms with Gasteiger partial charge in [-0.25, -0.2) is 4.79 Å². The average Bonchev–Trinajstić information content (AvgIpc) is 2.57. The molecule has 1 saturated heterocycles. The molecule has 0 saturated carbocycles. The molecule has 1 fully saturated rings. The number of Topliss-reactive ketones (excluding diaryl/α,β-unsaturated/α-hetero) is 1. The lowest BCUT2D eigenvalue weighted by Crippen LogP contribution is -2.49. The number of carbonyl (C=O) groups excluding carboxylic acids is 2. The molecule has 152 valence electrons. The first-order valence-corrected chi connectivity index (χ1v) is 10.3. The first kappa shape index (κ1) is 21.5. The Morgan fingerprint density at radius 1 is 1.22 bits per heavy atom. The molecule has 0 aromatic heterocycles. The molecular formula is C22H36N2O3. The molecule has 27 heavy (non-hydrogen) atoms. The van der Waals surface area contributed by atoms with Crippen LogP contribution < -0.4 is 0 Å². The number of carbonyl (C=O) groups is 2. The molecule has 2 heterocycles. The third-order valence-electron chi connectivity index (χ3n) is 5.41. The lowest BCUT2D eigenvalue weighted by Gasteiger charge is -2.42. The SMILES string of the molecule is CCC1/C=C/CC(C)/C(C(C)=O)=C\N1C1CCN(C(=O)OC(C)(C)C)CC1. The minimum absolute atomic E-state index is 0.156. The highest BCUT2D eigenvalue weighted by Gasteiger charge is 2.31. The Morgan fingerprint density at radius 2 is 1.85 bits per heavy atom. The van der Waals surface area contributed by atoms with Crippen molar-refractivity contribution in [3.63, 3.8) is 0 Å². The highest BCUT2D eigenvalue weighted by molar-refractivity contribution is 5.93. The summed E-state index contributed by atoms with van der Waals surface area (Å²) in [6.45, 7) is 13.0. The molecule has 0 bridgehead atoms. The van der Waals surface area contributed by atoms with Crippen LogP contribution in [0.25, 0.3) is 0 Å². The molecule has 0 radical (unpaired) electrons. The van der Waals surface area contributed by atoms with Crippen LogP contribution in [0.3, 0.4) is 0 Å². The van der Waals surface area contributed by atoms with Crippen LogP contribution in [0, 0.1) is 5.92 Å². The lowest BCUT2D eigenvalue weighted by molar-refractivity contribution is -0.114. The van der Waals surface area contributed by atoms with E-state index in [-0.39, 0.29) is 17.8 Å². The van der Waals surface area contributed by atoms with Crippen molar-refractivity contribution in [2.75, 3.05) is 13.1 Å². The van der Waals surface area contributed by atoms with Crippen molar-refractivity contribution in [2.24, 2.45) is 5.92 Å². The zero-order valence-corrected chi connectivity index (χ0v) is 17.8. The van der Waals surface area contributed by atoms with Gasteiger partial charge in [0.25, 0.3) is 0 Å². The molecule has 2 rings (SSSR count). The predicted molar refractivity (Wildman–Crippen MR) is 108 cm³/mol. The molecule has 0 aromatic rings. The second kappa shape index (κ2) is 8.94. The van der Waals surface area contributed by atoms with E-state index in [0.29, 0.717) is 25.2 Å². The first-order chi connectivity index (χ1) is 12.6. The van der Waals surface area contributed by atoms with Gasteiger partial charge in [-0.2, -0.15) is 0 Å². The standard InChI is InChI=1S/C22H36N2O3/c1-7-18-10-8-9-16(2)20(17(3)25)15-24(18)19-11-13-23(14-12-19)21(26)27-22(4,5)6/h8,10,15-16,18-19H,7,9,11-14H2,1-6H3/b10-8+,20-15+. The Morgan fingerprint density at radius 3 is 2.37 bits per heavy atom. The van der Waals surface area contributed by atoms with Crippen molar-refractivity contribution < 1.29 is 14.3 Å². The maximum absolute atomic E-state index is 12.3. The van der Waals surface area contributed by atoms with Crippen LogP contribution in [-0.2, 0) is 9.53 Å². The number of rotatable bonds is 3. The zero-order chi connectivity index (χ0) is 20.2. The first-order valence-electron chi connectivity index (χ1n) is 10.3. The fraction of sp³-hybridized carbons (Fsp3) is 0.727. The number of amides is 1. The van der Waals surface area contributed by atoms with Gasteiger partial charge >= 0.3 is 6.09 Å². The van der Waals surface area contributed by atoms with Gasteiger partial charge in [0.05, 0.1) is 0 Å². The minimum Gasteiger partial charge on any atom is -0.444 e. The van der Waals surface area contributed by atoms with Gasteiger partial charge in [-0.05, 0) is 59.3 Å². The molecular weight excluding hydrogens is 340 g/mol. The van der Waals surface area contributed by atoms with Gasteiger partial charge in [0.1, 0.15) is 5.60 Å². The summed E-state index contributed by atoms with van der Waals surface area (Å²) in [6, 6.07) is 0.628. The molecule has 0 N–H and O–H groups in total. The van der Waals surface area contributed by atoms with Gasteiger partial charge in [0, 0.05) is 36.9 Å². The fourth-order valence-electron chi connectivity index (χ4n) is 3.88. The quantitative estimate of drug-likeness (QED) is 0.679. The summed E-state index contributed by atoms with van der Waals surface area (Å²) < 4.78 is 5.50. The monoisotopic (exact) mass is 376 g/mol. The molecule has 2 unspecified atom stereocenters. The van der Waals surface area contributed by atoms with Crippen LogP contribution in [0.2, 0.25) is 0 Å². The summed E-state index contributed by atoms with van der Waals surface area (Å²) in [5.74, 6) is 0.393. The highest BCUT2D eigenvalue weighted by Crippen LogP contribution is 2.28. The number of allylic oxidation sites excluding steroid dienone is 2. The summed E-state index contributed by atoms with van der Waals surface area (Å²) in [5, 5.41) is 0. The molecule has 2 atom stereocenters. The number of piperidine rings is 1. The second-order valence-corrected chi connectivity index (χ2v) is 8.83. The Bertz CT molecular complexity index is 595. The third kappa shape index (κ3) is 5.85. The van der Waals surface area contributed by atoms with Crippen LogP contribution in [0.4, 0.5) is 4.79 Å². The summed E-state index contributed by atoms with van der Waals surface area (Å²) >= 11 is 0. The van der Waals surface area contributed by atoms with Crippen molar-refractivity contribution in [3.8, 4) is 0 Å². The minimum atomic E-state index is -0.468. The van der Waals surface area contributed by atoms with Gasteiger partial charge in [-0.1, -0.05) is 26.0 Å². The van der Waals surface area contributed by atoms with E-state index in [0.717, 1.165) is 31.3 Å². The van der Waals surface area contributed by atoms with E-state index >= 15 is 0 Å². The highest BCUT2D eigenvalue weighted by atomic mass is 16.6. The maximum Gasteiger partial charge on any atom is 0.410 e. The molecule has 1 amide bonds. The van der Waals surface area contributed by atoms with E-state index in [1.165, 1.54) is 0 Å². The Hall–Kier alpha value is -1.78. The van der Waals surface area contributed by atoms with E-state index in [9.17, 15) is 9.59 Å². The summed E-state index contributed by atoms with van der Waals surface area (Å²) in [5.41, 5.74) is 0.442. The number of hydrogen-bond acceptors (Lipinski definition) is 4. The van der Waals surface area contributed by atoms with Gasteiger partial charge < -0.3 is 14.5 Å². The lowest BCUT2D eigenvalue weighted by atomic mass is 9.91. The van der Waals surface area contributed by atoms with Crippen molar-refractivity contribution in [1.82, 2.24) is 9.80 Å².